The first kappa shape index (κ1) is 14.0. The van der Waals surface area contributed by atoms with Crippen LogP contribution in [0.2, 0.25) is 0 Å². The number of nitrogens with one attached hydrogen (secondary N) is 2. The van der Waals surface area contributed by atoms with Crippen molar-refractivity contribution in [2.45, 2.75) is 13.3 Å². The van der Waals surface area contributed by atoms with Gasteiger partial charge in [0.15, 0.2) is 0 Å². The Hall–Kier alpha value is -2.08. The van der Waals surface area contributed by atoms with E-state index in [4.69, 9.17) is 10.8 Å². The lowest BCUT2D eigenvalue weighted by atomic mass is 10.1. The van der Waals surface area contributed by atoms with Crippen LogP contribution in [0, 0.1) is 6.92 Å². The van der Waals surface area contributed by atoms with Gasteiger partial charge >= 0.3 is 6.03 Å². The molecule has 3 amide bonds. The number of carbonyl (C=O) groups is 2. The standard InChI is InChI=1S/C12H17N3O3/c1-8-3-4-9(7-10(8)11(13)17)15-12(18)14-5-2-6-16/h3-4,7,16H,2,5-6H2,1H3,(H2,13,17)(H2,14,15,18). The van der Waals surface area contributed by atoms with Crippen molar-refractivity contribution in [1.29, 1.82) is 0 Å². The molecule has 0 atom stereocenters. The Balaban J connectivity index is 2.65. The second-order valence-corrected chi connectivity index (χ2v) is 3.85. The molecule has 0 aliphatic carbocycles. The minimum atomic E-state index is -0.531. The van der Waals surface area contributed by atoms with E-state index in [1.54, 1.807) is 19.1 Å². The zero-order valence-electron chi connectivity index (χ0n) is 10.2. The molecule has 0 bridgehead atoms. The third-order valence-corrected chi connectivity index (χ3v) is 2.38. The fraction of sp³-hybridized carbons (Fsp3) is 0.333. The van der Waals surface area contributed by atoms with Crippen LogP contribution in [-0.2, 0) is 0 Å². The fourth-order valence-corrected chi connectivity index (χ4v) is 1.42. The van der Waals surface area contributed by atoms with Crippen LogP contribution in [0.25, 0.3) is 0 Å². The van der Waals surface area contributed by atoms with Gasteiger partial charge in [-0.3, -0.25) is 4.79 Å². The van der Waals surface area contributed by atoms with E-state index >= 15 is 0 Å². The van der Waals surface area contributed by atoms with Crippen LogP contribution in [0.15, 0.2) is 18.2 Å². The van der Waals surface area contributed by atoms with Crippen molar-refractivity contribution >= 4 is 17.6 Å². The molecule has 1 aromatic carbocycles. The van der Waals surface area contributed by atoms with Gasteiger partial charge in [-0.2, -0.15) is 0 Å². The highest BCUT2D eigenvalue weighted by atomic mass is 16.3. The van der Waals surface area contributed by atoms with Crippen molar-refractivity contribution in [3.05, 3.63) is 29.3 Å². The van der Waals surface area contributed by atoms with E-state index in [-0.39, 0.29) is 12.6 Å². The predicted octanol–water partition coefficient (Wildman–Crippen LogP) is 0.598. The van der Waals surface area contributed by atoms with Gasteiger partial charge in [-0.25, -0.2) is 4.79 Å². The van der Waals surface area contributed by atoms with Crippen molar-refractivity contribution in [3.8, 4) is 0 Å². The summed E-state index contributed by atoms with van der Waals surface area (Å²) in [4.78, 5) is 22.6. The Morgan fingerprint density at radius 3 is 2.72 bits per heavy atom. The number of amides is 3. The van der Waals surface area contributed by atoms with E-state index in [0.29, 0.717) is 24.2 Å². The maximum atomic E-state index is 11.4. The average molecular weight is 251 g/mol. The number of benzene rings is 1. The summed E-state index contributed by atoms with van der Waals surface area (Å²) in [6, 6.07) is 4.54. The lowest BCUT2D eigenvalue weighted by molar-refractivity contribution is 0.0999. The average Bonchev–Trinajstić information content (AvgIpc) is 2.31. The van der Waals surface area contributed by atoms with Crippen molar-refractivity contribution in [2.75, 3.05) is 18.5 Å². The molecule has 0 spiro atoms. The van der Waals surface area contributed by atoms with Crippen LogP contribution in [-0.4, -0.2) is 30.2 Å². The van der Waals surface area contributed by atoms with Crippen molar-refractivity contribution < 1.29 is 14.7 Å². The molecule has 0 aliphatic rings. The number of hydrogen-bond acceptors (Lipinski definition) is 3. The van der Waals surface area contributed by atoms with Gasteiger partial charge < -0.3 is 21.5 Å². The van der Waals surface area contributed by atoms with E-state index in [1.165, 1.54) is 6.07 Å². The van der Waals surface area contributed by atoms with Crippen LogP contribution < -0.4 is 16.4 Å². The molecule has 1 aromatic rings. The van der Waals surface area contributed by atoms with Crippen LogP contribution in [0.3, 0.4) is 0 Å². The molecule has 0 radical (unpaired) electrons. The first-order valence-electron chi connectivity index (χ1n) is 5.60. The van der Waals surface area contributed by atoms with Crippen molar-refractivity contribution in [3.63, 3.8) is 0 Å². The van der Waals surface area contributed by atoms with Crippen molar-refractivity contribution in [2.24, 2.45) is 5.73 Å². The van der Waals surface area contributed by atoms with Gasteiger partial charge in [0.25, 0.3) is 0 Å². The molecule has 98 valence electrons. The molecular formula is C12H17N3O3. The van der Waals surface area contributed by atoms with Gasteiger partial charge in [-0.1, -0.05) is 6.07 Å². The zero-order chi connectivity index (χ0) is 13.5. The Kier molecular flexibility index (Phi) is 5.13. The molecule has 0 saturated carbocycles. The number of primary amides is 1. The molecule has 0 fully saturated rings. The number of anilines is 1. The Morgan fingerprint density at radius 2 is 2.11 bits per heavy atom. The van der Waals surface area contributed by atoms with E-state index in [0.717, 1.165) is 5.56 Å². The second kappa shape index (κ2) is 6.61. The summed E-state index contributed by atoms with van der Waals surface area (Å²) in [7, 11) is 0. The lowest BCUT2D eigenvalue weighted by Gasteiger charge is -2.09. The number of nitrogens with two attached hydrogens (primary N) is 1. The van der Waals surface area contributed by atoms with E-state index in [1.807, 2.05) is 0 Å². The first-order chi connectivity index (χ1) is 8.54. The smallest absolute Gasteiger partial charge is 0.319 e. The van der Waals surface area contributed by atoms with Crippen LogP contribution in [0.5, 0.6) is 0 Å². The summed E-state index contributed by atoms with van der Waals surface area (Å²) in [6.07, 6.45) is 0.494. The topological polar surface area (TPSA) is 104 Å². The number of carbonyl (C=O) groups excluding carboxylic acids is 2. The summed E-state index contributed by atoms with van der Waals surface area (Å²) in [5.41, 5.74) is 6.85. The first-order valence-corrected chi connectivity index (χ1v) is 5.60. The molecule has 6 heteroatoms. The minimum Gasteiger partial charge on any atom is -0.396 e. The van der Waals surface area contributed by atoms with Gasteiger partial charge in [0.05, 0.1) is 0 Å². The van der Waals surface area contributed by atoms with E-state index in [2.05, 4.69) is 10.6 Å². The SMILES string of the molecule is Cc1ccc(NC(=O)NCCCO)cc1C(N)=O. The summed E-state index contributed by atoms with van der Waals surface area (Å²) in [6.45, 7) is 2.18. The van der Waals surface area contributed by atoms with Crippen LogP contribution >= 0.6 is 0 Å². The molecule has 18 heavy (non-hydrogen) atoms. The fourth-order valence-electron chi connectivity index (χ4n) is 1.42. The van der Waals surface area contributed by atoms with Gasteiger partial charge in [-0.05, 0) is 31.0 Å². The summed E-state index contributed by atoms with van der Waals surface area (Å²) in [5, 5.41) is 13.7. The highest BCUT2D eigenvalue weighted by Gasteiger charge is 2.07. The molecule has 0 aromatic heterocycles. The number of rotatable bonds is 5. The van der Waals surface area contributed by atoms with Gasteiger partial charge in [-0.15, -0.1) is 0 Å². The Labute approximate surface area is 105 Å². The van der Waals surface area contributed by atoms with E-state index < -0.39 is 5.91 Å². The summed E-state index contributed by atoms with van der Waals surface area (Å²) in [5.74, 6) is -0.531. The number of aliphatic hydroxyl groups excluding tert-OH is 1. The molecule has 0 saturated heterocycles. The minimum absolute atomic E-state index is 0.0244. The highest BCUT2D eigenvalue weighted by molar-refractivity contribution is 5.97. The molecule has 6 nitrogen and oxygen atoms in total. The number of urea groups is 1. The Bertz CT molecular complexity index is 446. The maximum absolute atomic E-state index is 11.4. The molecule has 0 heterocycles. The Morgan fingerprint density at radius 1 is 1.39 bits per heavy atom. The van der Waals surface area contributed by atoms with Crippen molar-refractivity contribution in [1.82, 2.24) is 5.32 Å². The van der Waals surface area contributed by atoms with Gasteiger partial charge in [0.1, 0.15) is 0 Å². The molecule has 1 rings (SSSR count). The number of hydrogen-bond donors (Lipinski definition) is 4. The molecule has 0 aliphatic heterocycles. The number of aryl methyl sites for hydroxylation is 1. The maximum Gasteiger partial charge on any atom is 0.319 e. The number of aliphatic hydroxyl groups is 1. The van der Waals surface area contributed by atoms with Crippen LogP contribution in [0.1, 0.15) is 22.3 Å². The predicted molar refractivity (Wildman–Crippen MR) is 68.4 cm³/mol. The van der Waals surface area contributed by atoms with Gasteiger partial charge in [0, 0.05) is 24.4 Å². The molecular weight excluding hydrogens is 234 g/mol. The molecule has 0 unspecified atom stereocenters. The summed E-state index contributed by atoms with van der Waals surface area (Å²) >= 11 is 0. The highest BCUT2D eigenvalue weighted by Crippen LogP contribution is 2.14. The van der Waals surface area contributed by atoms with Gasteiger partial charge in [0.2, 0.25) is 5.91 Å². The quantitative estimate of drug-likeness (QED) is 0.576. The lowest BCUT2D eigenvalue weighted by Crippen LogP contribution is -2.30. The summed E-state index contributed by atoms with van der Waals surface area (Å²) < 4.78 is 0. The monoisotopic (exact) mass is 251 g/mol. The second-order valence-electron chi connectivity index (χ2n) is 3.85. The zero-order valence-corrected chi connectivity index (χ0v) is 10.2. The van der Waals surface area contributed by atoms with Crippen LogP contribution in [0.4, 0.5) is 10.5 Å². The third-order valence-electron chi connectivity index (χ3n) is 2.38. The van der Waals surface area contributed by atoms with E-state index in [9.17, 15) is 9.59 Å². The molecule has 5 N–H and O–H groups in total. The third kappa shape index (κ3) is 4.06. The normalized spacial score (nSPS) is 9.89. The largest absolute Gasteiger partial charge is 0.396 e.